The Morgan fingerprint density at radius 3 is 3.00 bits per heavy atom. The minimum absolute atomic E-state index is 0.254. The molecule has 2 rings (SSSR count). The van der Waals surface area contributed by atoms with Crippen molar-refractivity contribution in [2.75, 3.05) is 19.0 Å². The van der Waals surface area contributed by atoms with Gasteiger partial charge in [-0.25, -0.2) is 9.67 Å². The molecule has 0 bridgehead atoms. The molecule has 88 valence electrons. The monoisotopic (exact) mass is 232 g/mol. The molecule has 0 aliphatic carbocycles. The summed E-state index contributed by atoms with van der Waals surface area (Å²) in [5, 5.41) is 7.00. The normalized spacial score (nSPS) is 9.94. The van der Waals surface area contributed by atoms with Crippen molar-refractivity contribution in [3.63, 3.8) is 0 Å². The van der Waals surface area contributed by atoms with Crippen molar-refractivity contribution >= 4 is 12.0 Å². The summed E-state index contributed by atoms with van der Waals surface area (Å²) in [5.74, 6) is 0.686. The number of nitrogens with one attached hydrogen (secondary N) is 1. The fourth-order valence-electron chi connectivity index (χ4n) is 1.44. The summed E-state index contributed by atoms with van der Waals surface area (Å²) in [7, 11) is 1.59. The van der Waals surface area contributed by atoms with E-state index in [-0.39, 0.29) is 6.54 Å². The Labute approximate surface area is 98.2 Å². The first-order valence-electron chi connectivity index (χ1n) is 5.05. The summed E-state index contributed by atoms with van der Waals surface area (Å²) in [4.78, 5) is 14.2. The van der Waals surface area contributed by atoms with Gasteiger partial charge < -0.3 is 14.8 Å². The van der Waals surface area contributed by atoms with Crippen molar-refractivity contribution in [2.45, 2.75) is 0 Å². The molecular formula is C11H12N4O2. The van der Waals surface area contributed by atoms with Crippen LogP contribution in [0.15, 0.2) is 30.9 Å². The summed E-state index contributed by atoms with van der Waals surface area (Å²) in [6, 6.07) is 5.51. The predicted octanol–water partition coefficient (Wildman–Crippen LogP) is 0.887. The van der Waals surface area contributed by atoms with Gasteiger partial charge in [0.25, 0.3) is 0 Å². The third-order valence-electron chi connectivity index (χ3n) is 2.20. The molecule has 0 spiro atoms. The molecule has 1 heterocycles. The van der Waals surface area contributed by atoms with Crippen LogP contribution in [0.2, 0.25) is 0 Å². The van der Waals surface area contributed by atoms with E-state index < -0.39 is 0 Å². The lowest BCUT2D eigenvalue weighted by Gasteiger charge is -2.09. The second kappa shape index (κ2) is 5.11. The number of methoxy groups -OCH3 is 1. The molecule has 0 amide bonds. The average molecular weight is 232 g/mol. The number of ether oxygens (including phenoxy) is 1. The molecular weight excluding hydrogens is 220 g/mol. The van der Waals surface area contributed by atoms with Crippen LogP contribution < -0.4 is 10.1 Å². The van der Waals surface area contributed by atoms with Gasteiger partial charge in [-0.05, 0) is 6.07 Å². The summed E-state index contributed by atoms with van der Waals surface area (Å²) in [6.07, 6.45) is 3.85. The van der Waals surface area contributed by atoms with Crippen molar-refractivity contribution in [1.29, 1.82) is 0 Å². The minimum atomic E-state index is 0.254. The fraction of sp³-hybridized carbons (Fsp3) is 0.182. The van der Waals surface area contributed by atoms with Crippen LogP contribution >= 0.6 is 0 Å². The SMILES string of the molecule is COc1cc(NCC=O)cc(-n2cncn2)c1. The molecule has 1 N–H and O–H groups in total. The van der Waals surface area contributed by atoms with Gasteiger partial charge in [0.05, 0.1) is 19.3 Å². The van der Waals surface area contributed by atoms with E-state index in [1.54, 1.807) is 18.1 Å². The smallest absolute Gasteiger partial charge is 0.139 e. The van der Waals surface area contributed by atoms with E-state index in [9.17, 15) is 4.79 Å². The van der Waals surface area contributed by atoms with Crippen LogP contribution in [0.5, 0.6) is 5.75 Å². The van der Waals surface area contributed by atoms with Crippen LogP contribution in [0.1, 0.15) is 0 Å². The molecule has 2 aromatic rings. The van der Waals surface area contributed by atoms with Gasteiger partial charge in [0.1, 0.15) is 24.7 Å². The van der Waals surface area contributed by atoms with Gasteiger partial charge in [-0.15, -0.1) is 0 Å². The molecule has 1 aromatic heterocycles. The zero-order valence-electron chi connectivity index (χ0n) is 9.33. The molecule has 1 aromatic carbocycles. The maximum Gasteiger partial charge on any atom is 0.139 e. The molecule has 0 saturated carbocycles. The van der Waals surface area contributed by atoms with Crippen molar-refractivity contribution in [1.82, 2.24) is 14.8 Å². The number of hydrogen-bond donors (Lipinski definition) is 1. The van der Waals surface area contributed by atoms with E-state index in [0.29, 0.717) is 5.75 Å². The largest absolute Gasteiger partial charge is 0.497 e. The molecule has 6 heteroatoms. The van der Waals surface area contributed by atoms with Gasteiger partial charge in [0.15, 0.2) is 0 Å². The van der Waals surface area contributed by atoms with E-state index >= 15 is 0 Å². The zero-order chi connectivity index (χ0) is 12.1. The minimum Gasteiger partial charge on any atom is -0.497 e. The standard InChI is InChI=1S/C11H12N4O2/c1-17-11-5-9(13-2-3-16)4-10(6-11)15-8-12-7-14-15/h3-8,13H,2H2,1H3. The van der Waals surface area contributed by atoms with Crippen molar-refractivity contribution in [3.05, 3.63) is 30.9 Å². The van der Waals surface area contributed by atoms with Gasteiger partial charge in [-0.2, -0.15) is 5.10 Å². The summed E-state index contributed by atoms with van der Waals surface area (Å²) in [5.41, 5.74) is 1.61. The molecule has 0 saturated heterocycles. The number of benzene rings is 1. The number of anilines is 1. The number of hydrogen-bond acceptors (Lipinski definition) is 5. The summed E-state index contributed by atoms with van der Waals surface area (Å²) in [6.45, 7) is 0.254. The average Bonchev–Trinajstić information content (AvgIpc) is 2.89. The topological polar surface area (TPSA) is 69.0 Å². The first-order valence-corrected chi connectivity index (χ1v) is 5.05. The van der Waals surface area contributed by atoms with Gasteiger partial charge in [0.2, 0.25) is 0 Å². The number of aldehydes is 1. The summed E-state index contributed by atoms with van der Waals surface area (Å²) < 4.78 is 6.80. The number of rotatable bonds is 5. The zero-order valence-corrected chi connectivity index (χ0v) is 9.33. The Morgan fingerprint density at radius 2 is 2.35 bits per heavy atom. The quantitative estimate of drug-likeness (QED) is 0.775. The first-order chi connectivity index (χ1) is 8.33. The predicted molar refractivity (Wildman–Crippen MR) is 62.5 cm³/mol. The number of aromatic nitrogens is 3. The maximum atomic E-state index is 10.3. The Balaban J connectivity index is 2.35. The van der Waals surface area contributed by atoms with Gasteiger partial charge in [0, 0.05) is 17.8 Å². The Hall–Kier alpha value is -2.37. The lowest BCUT2D eigenvalue weighted by Crippen LogP contribution is -2.04. The molecule has 0 aliphatic rings. The van der Waals surface area contributed by atoms with Crippen LogP contribution in [-0.4, -0.2) is 34.7 Å². The highest BCUT2D eigenvalue weighted by Gasteiger charge is 2.03. The van der Waals surface area contributed by atoms with Gasteiger partial charge in [-0.3, -0.25) is 0 Å². The number of carbonyl (C=O) groups is 1. The summed E-state index contributed by atoms with van der Waals surface area (Å²) >= 11 is 0. The van der Waals surface area contributed by atoms with Crippen LogP contribution in [0.25, 0.3) is 5.69 Å². The Bertz CT molecular complexity index is 496. The molecule has 17 heavy (non-hydrogen) atoms. The van der Waals surface area contributed by atoms with E-state index in [2.05, 4.69) is 15.4 Å². The van der Waals surface area contributed by atoms with E-state index in [0.717, 1.165) is 17.7 Å². The number of carbonyl (C=O) groups excluding carboxylic acids is 1. The highest BCUT2D eigenvalue weighted by atomic mass is 16.5. The van der Waals surface area contributed by atoms with Gasteiger partial charge in [-0.1, -0.05) is 0 Å². The molecule has 0 aliphatic heterocycles. The molecule has 6 nitrogen and oxygen atoms in total. The highest BCUT2D eigenvalue weighted by molar-refractivity contribution is 5.62. The van der Waals surface area contributed by atoms with E-state index in [4.69, 9.17) is 4.74 Å². The third-order valence-corrected chi connectivity index (χ3v) is 2.20. The molecule has 0 fully saturated rings. The highest BCUT2D eigenvalue weighted by Crippen LogP contribution is 2.22. The van der Waals surface area contributed by atoms with Crippen molar-refractivity contribution in [2.24, 2.45) is 0 Å². The second-order valence-electron chi connectivity index (χ2n) is 3.31. The Kier molecular flexibility index (Phi) is 3.34. The van der Waals surface area contributed by atoms with E-state index in [1.807, 2.05) is 18.2 Å². The lowest BCUT2D eigenvalue weighted by atomic mass is 10.2. The lowest BCUT2D eigenvalue weighted by molar-refractivity contribution is -0.106. The third kappa shape index (κ3) is 2.60. The second-order valence-corrected chi connectivity index (χ2v) is 3.31. The first kappa shape index (κ1) is 11.1. The van der Waals surface area contributed by atoms with Crippen molar-refractivity contribution in [3.8, 4) is 11.4 Å². The molecule has 0 radical (unpaired) electrons. The molecule has 0 atom stereocenters. The van der Waals surface area contributed by atoms with Crippen LogP contribution in [-0.2, 0) is 4.79 Å². The van der Waals surface area contributed by atoms with Crippen LogP contribution in [0.3, 0.4) is 0 Å². The van der Waals surface area contributed by atoms with Crippen LogP contribution in [0.4, 0.5) is 5.69 Å². The maximum absolute atomic E-state index is 10.3. The number of nitrogens with zero attached hydrogens (tertiary/aromatic N) is 3. The van der Waals surface area contributed by atoms with E-state index in [1.165, 1.54) is 6.33 Å². The fourth-order valence-corrected chi connectivity index (χ4v) is 1.44. The van der Waals surface area contributed by atoms with Gasteiger partial charge >= 0.3 is 0 Å². The molecule has 0 unspecified atom stereocenters. The van der Waals surface area contributed by atoms with Crippen LogP contribution in [0, 0.1) is 0 Å². The van der Waals surface area contributed by atoms with Crippen molar-refractivity contribution < 1.29 is 9.53 Å². The Morgan fingerprint density at radius 1 is 1.47 bits per heavy atom.